The van der Waals surface area contributed by atoms with E-state index in [1.54, 1.807) is 12.1 Å². The molecular formula is C26H47N3O7. The van der Waals surface area contributed by atoms with E-state index in [1.807, 2.05) is 6.92 Å². The van der Waals surface area contributed by atoms with Crippen LogP contribution in [0.4, 0.5) is 4.79 Å². The number of ether oxygens (including phenoxy) is 3. The van der Waals surface area contributed by atoms with Gasteiger partial charge in [0, 0.05) is 12.3 Å². The standard InChI is InChI=1S/C22H37N3O7.C4H10/c1-16-21(25-16)8-5-17(27)12-29-13-18-6-7-19(31-18)14-30-15-20(11-26)32-22(28)24-10-4-2-3-9-23;1-4(2)3/h6-7,16-17,20,26-27H,2-5,8-15,23H2,1H3,(H,24,28);4H,1-3H3. The number of amides is 1. The van der Waals surface area contributed by atoms with Crippen molar-refractivity contribution >= 4 is 11.8 Å². The summed E-state index contributed by atoms with van der Waals surface area (Å²) in [5.41, 5.74) is 6.58. The Morgan fingerprint density at radius 3 is 2.31 bits per heavy atom. The third-order valence-electron chi connectivity index (χ3n) is 4.96. The van der Waals surface area contributed by atoms with Gasteiger partial charge in [-0.3, -0.25) is 4.99 Å². The van der Waals surface area contributed by atoms with Crippen LogP contribution in [-0.4, -0.2) is 73.2 Å². The van der Waals surface area contributed by atoms with Gasteiger partial charge in [-0.2, -0.15) is 0 Å². The van der Waals surface area contributed by atoms with Crippen molar-refractivity contribution in [3.63, 3.8) is 0 Å². The van der Waals surface area contributed by atoms with E-state index in [-0.39, 0.29) is 33.0 Å². The van der Waals surface area contributed by atoms with Crippen molar-refractivity contribution in [1.82, 2.24) is 5.32 Å². The van der Waals surface area contributed by atoms with Crippen LogP contribution in [0, 0.1) is 5.92 Å². The molecule has 2 rings (SSSR count). The minimum absolute atomic E-state index is 0.0414. The number of unbranched alkanes of at least 4 members (excludes halogenated alkanes) is 2. The van der Waals surface area contributed by atoms with Gasteiger partial charge in [-0.15, -0.1) is 0 Å². The van der Waals surface area contributed by atoms with Crippen molar-refractivity contribution < 1.29 is 33.6 Å². The number of aliphatic hydroxyl groups excluding tert-OH is 2. The fraction of sp³-hybridized carbons (Fsp3) is 0.769. The number of alkyl carbamates (subject to hydrolysis) is 1. The van der Waals surface area contributed by atoms with Gasteiger partial charge in [0.15, 0.2) is 0 Å². The first kappa shape index (κ1) is 32.0. The van der Waals surface area contributed by atoms with Crippen LogP contribution in [0.25, 0.3) is 0 Å². The molecule has 0 radical (unpaired) electrons. The molecule has 208 valence electrons. The maximum atomic E-state index is 11.7. The van der Waals surface area contributed by atoms with Gasteiger partial charge in [-0.1, -0.05) is 27.2 Å². The van der Waals surface area contributed by atoms with Crippen molar-refractivity contribution in [1.29, 1.82) is 0 Å². The second-order valence-corrected chi connectivity index (χ2v) is 9.61. The molecular weight excluding hydrogens is 466 g/mol. The van der Waals surface area contributed by atoms with Crippen LogP contribution in [0.2, 0.25) is 0 Å². The van der Waals surface area contributed by atoms with E-state index in [0.29, 0.717) is 37.1 Å². The van der Waals surface area contributed by atoms with Crippen molar-refractivity contribution in [3.8, 4) is 0 Å². The predicted molar refractivity (Wildman–Crippen MR) is 139 cm³/mol. The maximum Gasteiger partial charge on any atom is 0.407 e. The molecule has 1 aromatic rings. The molecule has 0 aliphatic carbocycles. The van der Waals surface area contributed by atoms with Crippen molar-refractivity contribution in [2.75, 3.05) is 32.9 Å². The molecule has 10 heteroatoms. The highest BCUT2D eigenvalue weighted by Gasteiger charge is 2.22. The Bertz CT molecular complexity index is 736. The first-order valence-corrected chi connectivity index (χ1v) is 13.0. The third-order valence-corrected chi connectivity index (χ3v) is 4.96. The molecule has 3 unspecified atom stereocenters. The van der Waals surface area contributed by atoms with Crippen molar-refractivity contribution in [3.05, 3.63) is 23.7 Å². The summed E-state index contributed by atoms with van der Waals surface area (Å²) in [5, 5.41) is 22.0. The Hall–Kier alpha value is -1.98. The Labute approximate surface area is 215 Å². The Balaban J connectivity index is 0.00000150. The van der Waals surface area contributed by atoms with Crippen LogP contribution in [0.15, 0.2) is 21.5 Å². The van der Waals surface area contributed by atoms with E-state index in [2.05, 4.69) is 31.1 Å². The molecule has 1 aliphatic rings. The number of nitrogens with zero attached hydrogens (tertiary/aromatic N) is 1. The van der Waals surface area contributed by atoms with Crippen LogP contribution in [0.3, 0.4) is 0 Å². The maximum absolute atomic E-state index is 11.7. The molecule has 3 atom stereocenters. The summed E-state index contributed by atoms with van der Waals surface area (Å²) < 4.78 is 21.8. The van der Waals surface area contributed by atoms with Gasteiger partial charge >= 0.3 is 6.09 Å². The number of aliphatic hydroxyl groups is 2. The van der Waals surface area contributed by atoms with Gasteiger partial charge in [0.25, 0.3) is 0 Å². The number of aliphatic imine (C=N–C) groups is 1. The van der Waals surface area contributed by atoms with Crippen LogP contribution < -0.4 is 11.1 Å². The lowest BCUT2D eigenvalue weighted by Crippen LogP contribution is -2.33. The number of rotatable bonds is 18. The predicted octanol–water partition coefficient (Wildman–Crippen LogP) is 3.18. The second kappa shape index (κ2) is 19.2. The molecule has 36 heavy (non-hydrogen) atoms. The minimum Gasteiger partial charge on any atom is -0.461 e. The summed E-state index contributed by atoms with van der Waals surface area (Å²) in [6.07, 6.45) is 2.26. The smallest absolute Gasteiger partial charge is 0.407 e. The van der Waals surface area contributed by atoms with Crippen molar-refractivity contribution in [2.24, 2.45) is 16.6 Å². The molecule has 10 nitrogen and oxygen atoms in total. The molecule has 1 aromatic heterocycles. The number of nitrogens with one attached hydrogen (secondary N) is 1. The summed E-state index contributed by atoms with van der Waals surface area (Å²) in [5.74, 6) is 2.05. The van der Waals surface area contributed by atoms with Crippen LogP contribution in [0.1, 0.15) is 71.3 Å². The van der Waals surface area contributed by atoms with Gasteiger partial charge in [0.05, 0.1) is 32.0 Å². The molecule has 0 saturated carbocycles. The molecule has 0 fully saturated rings. The van der Waals surface area contributed by atoms with Crippen LogP contribution in [0.5, 0.6) is 0 Å². The molecule has 0 spiro atoms. The fourth-order valence-electron chi connectivity index (χ4n) is 3.00. The highest BCUT2D eigenvalue weighted by Crippen LogP contribution is 2.17. The van der Waals surface area contributed by atoms with Gasteiger partial charge in [-0.05, 0) is 57.2 Å². The number of nitrogens with two attached hydrogens (primary N) is 1. The zero-order valence-electron chi connectivity index (χ0n) is 22.4. The van der Waals surface area contributed by atoms with E-state index >= 15 is 0 Å². The molecule has 2 heterocycles. The van der Waals surface area contributed by atoms with Gasteiger partial charge in [-0.25, -0.2) is 4.79 Å². The molecule has 5 N–H and O–H groups in total. The summed E-state index contributed by atoms with van der Waals surface area (Å²) in [6, 6.07) is 3.90. The molecule has 0 saturated heterocycles. The quantitative estimate of drug-likeness (QED) is 0.219. The first-order valence-electron chi connectivity index (χ1n) is 13.0. The number of furan rings is 1. The van der Waals surface area contributed by atoms with E-state index in [0.717, 1.165) is 37.3 Å². The fourth-order valence-corrected chi connectivity index (χ4v) is 3.00. The molecule has 1 aliphatic heterocycles. The minimum atomic E-state index is -0.761. The summed E-state index contributed by atoms with van der Waals surface area (Å²) in [7, 11) is 0. The largest absolute Gasteiger partial charge is 0.461 e. The van der Waals surface area contributed by atoms with E-state index in [9.17, 15) is 15.0 Å². The number of carbonyl (C=O) groups excluding carboxylic acids is 1. The molecule has 1 amide bonds. The highest BCUT2D eigenvalue weighted by atomic mass is 16.6. The van der Waals surface area contributed by atoms with Gasteiger partial charge < -0.3 is 39.9 Å². The number of hydrogen-bond donors (Lipinski definition) is 4. The SMILES string of the molecule is CC(C)C.CC1N=C1CCC(O)COCc1ccc(COCC(CO)OC(=O)NCCCCCN)o1. The zero-order chi connectivity index (χ0) is 26.8. The average Bonchev–Trinajstić information content (AvgIpc) is 3.35. The van der Waals surface area contributed by atoms with Gasteiger partial charge in [0.2, 0.25) is 0 Å². The Morgan fingerprint density at radius 2 is 1.75 bits per heavy atom. The lowest BCUT2D eigenvalue weighted by Gasteiger charge is -2.16. The average molecular weight is 514 g/mol. The molecule has 0 aromatic carbocycles. The topological polar surface area (TPSA) is 149 Å². The summed E-state index contributed by atoms with van der Waals surface area (Å²) >= 11 is 0. The lowest BCUT2D eigenvalue weighted by atomic mass is 10.1. The third kappa shape index (κ3) is 16.6. The van der Waals surface area contributed by atoms with Crippen LogP contribution in [-0.2, 0) is 27.4 Å². The monoisotopic (exact) mass is 513 g/mol. The summed E-state index contributed by atoms with van der Waals surface area (Å²) in [4.78, 5) is 16.0. The van der Waals surface area contributed by atoms with Crippen LogP contribution >= 0.6 is 0 Å². The zero-order valence-corrected chi connectivity index (χ0v) is 22.4. The van der Waals surface area contributed by atoms with Crippen molar-refractivity contribution in [2.45, 2.75) is 91.3 Å². The first-order chi connectivity index (χ1) is 17.2. The lowest BCUT2D eigenvalue weighted by molar-refractivity contribution is -0.0163. The van der Waals surface area contributed by atoms with E-state index < -0.39 is 18.3 Å². The second-order valence-electron chi connectivity index (χ2n) is 9.61. The van der Waals surface area contributed by atoms with Gasteiger partial charge in [0.1, 0.15) is 30.8 Å². The highest BCUT2D eigenvalue weighted by molar-refractivity contribution is 6.00. The van der Waals surface area contributed by atoms with E-state index in [1.165, 1.54) is 0 Å². The summed E-state index contributed by atoms with van der Waals surface area (Å²) in [6.45, 7) is 10.0. The van der Waals surface area contributed by atoms with E-state index in [4.69, 9.17) is 24.4 Å². The Kier molecular flexibility index (Phi) is 17.1. The Morgan fingerprint density at radius 1 is 1.14 bits per heavy atom. The number of hydrogen-bond acceptors (Lipinski definition) is 9. The number of carbonyl (C=O) groups is 1. The molecule has 0 bridgehead atoms. The normalized spacial score (nSPS) is 16.1.